The number of rotatable bonds is 7. The first-order valence-electron chi connectivity index (χ1n) is 11.3. The lowest BCUT2D eigenvalue weighted by Gasteiger charge is -2.28. The van der Waals surface area contributed by atoms with E-state index in [0.29, 0.717) is 0 Å². The number of carbonyl (C=O) groups is 3. The van der Waals surface area contributed by atoms with Crippen LogP contribution < -0.4 is 5.32 Å². The fourth-order valence-corrected chi connectivity index (χ4v) is 4.34. The molecule has 1 aliphatic carbocycles. The number of aromatic nitrogens is 2. The van der Waals surface area contributed by atoms with Crippen LogP contribution in [-0.4, -0.2) is 57.9 Å². The van der Waals surface area contributed by atoms with Gasteiger partial charge in [0.05, 0.1) is 0 Å². The molecule has 0 aliphatic heterocycles. The lowest BCUT2D eigenvalue weighted by atomic mass is 9.96. The predicted octanol–water partition coefficient (Wildman–Crippen LogP) is 4.34. The summed E-state index contributed by atoms with van der Waals surface area (Å²) in [6.45, 7) is 5.68. The van der Waals surface area contributed by atoms with E-state index in [2.05, 4.69) is 27.6 Å². The molecule has 0 unspecified atom stereocenters. The predicted molar refractivity (Wildman–Crippen MR) is 130 cm³/mol. The van der Waals surface area contributed by atoms with Gasteiger partial charge in [-0.2, -0.15) is 5.10 Å². The first-order valence-corrected chi connectivity index (χ1v) is 11.3. The van der Waals surface area contributed by atoms with Crippen LogP contribution in [-0.2, 0) is 9.53 Å². The molecule has 35 heavy (non-hydrogen) atoms. The van der Waals surface area contributed by atoms with Gasteiger partial charge in [0.2, 0.25) is 0 Å². The van der Waals surface area contributed by atoms with Crippen molar-refractivity contribution in [3.8, 4) is 11.1 Å². The Kier molecular flexibility index (Phi) is 6.59. The molecular weight excluding hydrogens is 448 g/mol. The molecule has 9 nitrogen and oxygen atoms in total. The van der Waals surface area contributed by atoms with Crippen LogP contribution in [0.2, 0.25) is 0 Å². The average molecular weight is 477 g/mol. The first kappa shape index (κ1) is 24.0. The highest BCUT2D eigenvalue weighted by Gasteiger charge is 2.29. The molecule has 0 atom stereocenters. The third-order valence-corrected chi connectivity index (χ3v) is 5.66. The van der Waals surface area contributed by atoms with Crippen LogP contribution in [0.3, 0.4) is 0 Å². The summed E-state index contributed by atoms with van der Waals surface area (Å²) in [5, 5.41) is 18.2. The maximum Gasteiger partial charge on any atom is 0.412 e. The number of aliphatic carboxylic acids is 1. The van der Waals surface area contributed by atoms with Crippen molar-refractivity contribution < 1.29 is 24.2 Å². The summed E-state index contributed by atoms with van der Waals surface area (Å²) in [6, 6.07) is 17.5. The minimum atomic E-state index is -1.11. The zero-order valence-electron chi connectivity index (χ0n) is 19.9. The Morgan fingerprint density at radius 1 is 1.06 bits per heavy atom. The van der Waals surface area contributed by atoms with Crippen LogP contribution in [0.15, 0.2) is 54.6 Å². The highest BCUT2D eigenvalue weighted by molar-refractivity contribution is 5.95. The molecule has 4 rings (SSSR count). The Morgan fingerprint density at radius 2 is 1.66 bits per heavy atom. The van der Waals surface area contributed by atoms with E-state index in [1.54, 1.807) is 0 Å². The van der Waals surface area contributed by atoms with E-state index < -0.39 is 24.5 Å². The minimum Gasteiger partial charge on any atom is -0.480 e. The second-order valence-corrected chi connectivity index (χ2v) is 9.73. The molecule has 0 spiro atoms. The number of carboxylic acids is 1. The van der Waals surface area contributed by atoms with Gasteiger partial charge >= 0.3 is 12.1 Å². The summed E-state index contributed by atoms with van der Waals surface area (Å²) in [4.78, 5) is 37.8. The molecule has 0 radical (unpaired) electrons. The van der Waals surface area contributed by atoms with Crippen LogP contribution in [0.5, 0.6) is 0 Å². The van der Waals surface area contributed by atoms with Crippen LogP contribution in [0.4, 0.5) is 10.6 Å². The number of hydrogen-bond acceptors (Lipinski definition) is 5. The van der Waals surface area contributed by atoms with Gasteiger partial charge in [-0.15, -0.1) is 0 Å². The number of H-pyrrole nitrogens is 1. The van der Waals surface area contributed by atoms with Crippen molar-refractivity contribution in [2.24, 2.45) is 5.41 Å². The van der Waals surface area contributed by atoms with Crippen molar-refractivity contribution >= 4 is 23.8 Å². The molecule has 1 heterocycles. The Morgan fingerprint density at radius 3 is 2.23 bits per heavy atom. The Labute approximate surface area is 203 Å². The molecule has 0 saturated carbocycles. The normalized spacial score (nSPS) is 12.5. The van der Waals surface area contributed by atoms with Crippen molar-refractivity contribution in [2.45, 2.75) is 26.7 Å². The fourth-order valence-electron chi connectivity index (χ4n) is 4.34. The molecule has 0 bridgehead atoms. The Hall–Kier alpha value is -4.14. The molecule has 2 amide bonds. The maximum absolute atomic E-state index is 12.8. The van der Waals surface area contributed by atoms with E-state index in [4.69, 9.17) is 4.74 Å². The topological polar surface area (TPSA) is 125 Å². The summed E-state index contributed by atoms with van der Waals surface area (Å²) in [5.74, 6) is -1.60. The number of carbonyl (C=O) groups excluding carboxylic acids is 2. The van der Waals surface area contributed by atoms with Crippen LogP contribution in [0, 0.1) is 5.41 Å². The van der Waals surface area contributed by atoms with Crippen molar-refractivity contribution in [1.82, 2.24) is 15.1 Å². The first-order chi connectivity index (χ1) is 16.6. The number of aromatic amines is 1. The van der Waals surface area contributed by atoms with Gasteiger partial charge in [0, 0.05) is 18.5 Å². The number of fused-ring (bicyclic) bond motifs is 3. The maximum atomic E-state index is 12.8. The molecule has 0 fully saturated rings. The van der Waals surface area contributed by atoms with E-state index in [-0.39, 0.29) is 36.0 Å². The van der Waals surface area contributed by atoms with Crippen molar-refractivity contribution in [1.29, 1.82) is 0 Å². The summed E-state index contributed by atoms with van der Waals surface area (Å²) in [5.41, 5.74) is 4.25. The minimum absolute atomic E-state index is 0.0736. The highest BCUT2D eigenvalue weighted by Crippen LogP contribution is 2.44. The Balaban J connectivity index is 1.40. The molecule has 1 aromatic heterocycles. The summed E-state index contributed by atoms with van der Waals surface area (Å²) in [6.07, 6.45) is -0.700. The Bertz CT molecular complexity index is 1210. The van der Waals surface area contributed by atoms with Gasteiger partial charge in [0.15, 0.2) is 5.82 Å². The summed E-state index contributed by atoms with van der Waals surface area (Å²) >= 11 is 0. The smallest absolute Gasteiger partial charge is 0.412 e. The van der Waals surface area contributed by atoms with E-state index in [0.717, 1.165) is 22.3 Å². The molecule has 1 aliphatic rings. The molecule has 3 N–H and O–H groups in total. The lowest BCUT2D eigenvalue weighted by Crippen LogP contribution is -2.41. The molecule has 0 saturated heterocycles. The van der Waals surface area contributed by atoms with E-state index in [9.17, 15) is 19.5 Å². The van der Waals surface area contributed by atoms with E-state index >= 15 is 0 Å². The second kappa shape index (κ2) is 9.61. The number of amides is 2. The largest absolute Gasteiger partial charge is 0.480 e. The van der Waals surface area contributed by atoms with Crippen LogP contribution >= 0.6 is 0 Å². The lowest BCUT2D eigenvalue weighted by molar-refractivity contribution is -0.138. The second-order valence-electron chi connectivity index (χ2n) is 9.73. The monoisotopic (exact) mass is 476 g/mol. The molecule has 3 aromatic rings. The van der Waals surface area contributed by atoms with Gasteiger partial charge in [-0.1, -0.05) is 69.3 Å². The van der Waals surface area contributed by atoms with E-state index in [1.807, 2.05) is 57.2 Å². The van der Waals surface area contributed by atoms with Gasteiger partial charge in [-0.25, -0.2) is 4.79 Å². The van der Waals surface area contributed by atoms with Gasteiger partial charge in [0.25, 0.3) is 5.91 Å². The number of ether oxygens (including phenoxy) is 1. The summed E-state index contributed by atoms with van der Waals surface area (Å²) in [7, 11) is 0. The number of carboxylic acid groups (broad SMARTS) is 1. The number of benzene rings is 2. The highest BCUT2D eigenvalue weighted by atomic mass is 16.5. The van der Waals surface area contributed by atoms with Gasteiger partial charge in [0.1, 0.15) is 18.8 Å². The van der Waals surface area contributed by atoms with Crippen molar-refractivity contribution in [2.75, 3.05) is 25.0 Å². The third kappa shape index (κ3) is 5.51. The zero-order chi connectivity index (χ0) is 25.2. The standard InChI is InChI=1S/C26H28N4O5/c1-26(2,3)15-30(13-23(31)32)24(33)21-12-22(29-28-21)27-25(34)35-14-20-18-10-6-4-8-16(18)17-9-5-7-11-19(17)20/h4-12,20H,13-15H2,1-3H3,(H,31,32)(H2,27,28,29,34). The van der Waals surface area contributed by atoms with Crippen LogP contribution in [0.1, 0.15) is 48.3 Å². The molecular formula is C26H28N4O5. The average Bonchev–Trinajstić information content (AvgIpc) is 3.38. The van der Waals surface area contributed by atoms with Gasteiger partial charge < -0.3 is 14.7 Å². The van der Waals surface area contributed by atoms with Gasteiger partial charge in [-0.05, 0) is 27.7 Å². The number of nitrogens with one attached hydrogen (secondary N) is 2. The molecule has 182 valence electrons. The van der Waals surface area contributed by atoms with Crippen LogP contribution in [0.25, 0.3) is 11.1 Å². The number of anilines is 1. The number of hydrogen-bond donors (Lipinski definition) is 3. The van der Waals surface area contributed by atoms with Gasteiger partial charge in [-0.3, -0.25) is 20.0 Å². The molecule has 2 aromatic carbocycles. The van der Waals surface area contributed by atoms with E-state index in [1.165, 1.54) is 11.0 Å². The number of nitrogens with zero attached hydrogens (tertiary/aromatic N) is 2. The van der Waals surface area contributed by atoms with Crippen molar-refractivity contribution in [3.05, 3.63) is 71.4 Å². The SMILES string of the molecule is CC(C)(C)CN(CC(=O)O)C(=O)c1cc(NC(=O)OCC2c3ccccc3-c3ccccc32)n[nH]1. The molecule has 9 heteroatoms. The third-order valence-electron chi connectivity index (χ3n) is 5.66. The quantitative estimate of drug-likeness (QED) is 0.466. The zero-order valence-corrected chi connectivity index (χ0v) is 19.9. The summed E-state index contributed by atoms with van der Waals surface area (Å²) < 4.78 is 5.50. The fraction of sp³-hybridized carbons (Fsp3) is 0.308. The van der Waals surface area contributed by atoms with Crippen molar-refractivity contribution in [3.63, 3.8) is 0 Å².